The number of thiophene rings is 1. The number of nitrogens with one attached hydrogen (secondary N) is 1. The van der Waals surface area contributed by atoms with Crippen molar-refractivity contribution in [3.8, 4) is 10.6 Å². The molecule has 0 aliphatic carbocycles. The van der Waals surface area contributed by atoms with Gasteiger partial charge in [-0.05, 0) is 23.4 Å². The van der Waals surface area contributed by atoms with Crippen LogP contribution in [-0.4, -0.2) is 36.5 Å². The molecule has 3 aromatic rings. The minimum absolute atomic E-state index is 0.0619. The van der Waals surface area contributed by atoms with Crippen molar-refractivity contribution in [2.45, 2.75) is 17.9 Å². The zero-order valence-corrected chi connectivity index (χ0v) is 15.1. The number of rotatable bonds is 8. The van der Waals surface area contributed by atoms with Gasteiger partial charge in [0.25, 0.3) is 0 Å². The van der Waals surface area contributed by atoms with Crippen LogP contribution in [0, 0.1) is 0 Å². The summed E-state index contributed by atoms with van der Waals surface area (Å²) in [5.74, 6) is 0. The van der Waals surface area contributed by atoms with Crippen LogP contribution < -0.4 is 4.72 Å². The topological polar surface area (TPSA) is 84.2 Å². The molecule has 0 amide bonds. The maximum absolute atomic E-state index is 12.6. The maximum Gasteiger partial charge on any atom is 0.244 e. The van der Waals surface area contributed by atoms with Gasteiger partial charge >= 0.3 is 0 Å². The molecule has 0 aliphatic rings. The van der Waals surface area contributed by atoms with Crippen molar-refractivity contribution in [1.29, 1.82) is 0 Å². The van der Waals surface area contributed by atoms with Crippen LogP contribution in [-0.2, 0) is 16.6 Å². The highest BCUT2D eigenvalue weighted by Gasteiger charge is 2.24. The van der Waals surface area contributed by atoms with E-state index in [9.17, 15) is 8.42 Å². The fourth-order valence-electron chi connectivity index (χ4n) is 2.40. The highest BCUT2D eigenvalue weighted by Crippen LogP contribution is 2.29. The second-order valence-corrected chi connectivity index (χ2v) is 8.16. The summed E-state index contributed by atoms with van der Waals surface area (Å²) in [5.41, 5.74) is 1.49. The van der Waals surface area contributed by atoms with E-state index in [1.54, 1.807) is 10.9 Å². The average Bonchev–Trinajstić information content (AvgIpc) is 3.25. The lowest BCUT2D eigenvalue weighted by Gasteiger charge is -2.05. The Morgan fingerprint density at radius 3 is 2.64 bits per heavy atom. The van der Waals surface area contributed by atoms with Gasteiger partial charge in [-0.1, -0.05) is 36.4 Å². The number of nitrogens with zero attached hydrogens (tertiary/aromatic N) is 2. The first-order chi connectivity index (χ1) is 12.1. The quantitative estimate of drug-likeness (QED) is 0.590. The largest absolute Gasteiger partial charge is 0.396 e. The molecule has 25 heavy (non-hydrogen) atoms. The van der Waals surface area contributed by atoms with Crippen LogP contribution in [0.15, 0.2) is 58.9 Å². The molecule has 132 valence electrons. The molecule has 0 fully saturated rings. The molecular formula is C17H19N3O3S2. The Balaban J connectivity index is 1.95. The Hall–Kier alpha value is -2.00. The molecular weight excluding hydrogens is 358 g/mol. The lowest BCUT2D eigenvalue weighted by atomic mass is 10.2. The molecule has 0 saturated carbocycles. The van der Waals surface area contributed by atoms with Gasteiger partial charge in [0.2, 0.25) is 10.0 Å². The summed E-state index contributed by atoms with van der Waals surface area (Å²) in [6.45, 7) is 0.617. The Kier molecular flexibility index (Phi) is 5.64. The van der Waals surface area contributed by atoms with Crippen LogP contribution in [0.1, 0.15) is 12.0 Å². The molecule has 0 spiro atoms. The van der Waals surface area contributed by atoms with Gasteiger partial charge in [0.05, 0.1) is 11.4 Å². The van der Waals surface area contributed by atoms with E-state index in [4.69, 9.17) is 5.11 Å². The summed E-state index contributed by atoms with van der Waals surface area (Å²) in [6, 6.07) is 13.5. The van der Waals surface area contributed by atoms with Crippen molar-refractivity contribution >= 4 is 21.4 Å². The van der Waals surface area contributed by atoms with Crippen LogP contribution >= 0.6 is 11.3 Å². The van der Waals surface area contributed by atoms with Gasteiger partial charge in [0.15, 0.2) is 0 Å². The zero-order chi connectivity index (χ0) is 17.7. The minimum atomic E-state index is -3.70. The highest BCUT2D eigenvalue weighted by molar-refractivity contribution is 7.89. The summed E-state index contributed by atoms with van der Waals surface area (Å²) in [4.78, 5) is 0.957. The lowest BCUT2D eigenvalue weighted by Crippen LogP contribution is -2.25. The summed E-state index contributed by atoms with van der Waals surface area (Å²) in [7, 11) is -3.70. The number of aliphatic hydroxyl groups excluding tert-OH is 1. The number of hydrogen-bond acceptors (Lipinski definition) is 5. The van der Waals surface area contributed by atoms with Gasteiger partial charge in [-0.3, -0.25) is 4.68 Å². The van der Waals surface area contributed by atoms with E-state index in [-0.39, 0.29) is 18.0 Å². The molecule has 0 unspecified atom stereocenters. The fraction of sp³-hybridized carbons (Fsp3) is 0.235. The van der Waals surface area contributed by atoms with Crippen LogP contribution in [0.2, 0.25) is 0 Å². The van der Waals surface area contributed by atoms with Crippen molar-refractivity contribution in [2.24, 2.45) is 0 Å². The molecule has 0 radical (unpaired) electrons. The monoisotopic (exact) mass is 377 g/mol. The number of sulfonamides is 1. The van der Waals surface area contributed by atoms with Crippen molar-refractivity contribution < 1.29 is 13.5 Å². The van der Waals surface area contributed by atoms with E-state index in [0.717, 1.165) is 10.4 Å². The number of benzene rings is 1. The zero-order valence-electron chi connectivity index (χ0n) is 13.5. The molecule has 2 N–H and O–H groups in total. The molecule has 3 rings (SSSR count). The summed E-state index contributed by atoms with van der Waals surface area (Å²) in [5, 5.41) is 15.2. The van der Waals surface area contributed by atoms with Gasteiger partial charge in [-0.15, -0.1) is 11.3 Å². The lowest BCUT2D eigenvalue weighted by molar-refractivity contribution is 0.289. The van der Waals surface area contributed by atoms with Crippen molar-refractivity contribution in [2.75, 3.05) is 13.2 Å². The first kappa shape index (κ1) is 17.8. The minimum Gasteiger partial charge on any atom is -0.396 e. The molecule has 2 heterocycles. The van der Waals surface area contributed by atoms with Crippen LogP contribution in [0.5, 0.6) is 0 Å². The maximum atomic E-state index is 12.6. The second kappa shape index (κ2) is 7.92. The number of hydrogen-bond donors (Lipinski definition) is 2. The SMILES string of the molecule is O=S(=O)(NCCCO)c1cn(Cc2ccccc2)nc1-c1cccs1. The molecule has 6 nitrogen and oxygen atoms in total. The predicted octanol–water partition coefficient (Wildman–Crippen LogP) is 2.32. The second-order valence-electron chi connectivity index (χ2n) is 5.48. The number of aliphatic hydroxyl groups is 1. The first-order valence-corrected chi connectivity index (χ1v) is 10.2. The Labute approximate surface area is 150 Å². The van der Waals surface area contributed by atoms with Crippen LogP contribution in [0.25, 0.3) is 10.6 Å². The normalized spacial score (nSPS) is 11.7. The van der Waals surface area contributed by atoms with E-state index in [1.807, 2.05) is 47.8 Å². The Bertz CT molecular complexity index is 904. The van der Waals surface area contributed by atoms with Gasteiger partial charge < -0.3 is 5.11 Å². The van der Waals surface area contributed by atoms with E-state index in [0.29, 0.717) is 18.7 Å². The molecule has 0 aliphatic heterocycles. The Morgan fingerprint density at radius 2 is 1.96 bits per heavy atom. The van der Waals surface area contributed by atoms with E-state index < -0.39 is 10.0 Å². The molecule has 1 aromatic carbocycles. The van der Waals surface area contributed by atoms with E-state index in [2.05, 4.69) is 9.82 Å². The summed E-state index contributed by atoms with van der Waals surface area (Å²) >= 11 is 1.45. The smallest absolute Gasteiger partial charge is 0.244 e. The molecule has 2 aromatic heterocycles. The first-order valence-electron chi connectivity index (χ1n) is 7.86. The highest BCUT2D eigenvalue weighted by atomic mass is 32.2. The fourth-order valence-corrected chi connectivity index (χ4v) is 4.42. The van der Waals surface area contributed by atoms with Gasteiger partial charge in [-0.25, -0.2) is 13.1 Å². The Morgan fingerprint density at radius 1 is 1.16 bits per heavy atom. The average molecular weight is 377 g/mol. The summed E-state index contributed by atoms with van der Waals surface area (Å²) < 4.78 is 29.5. The standard InChI is InChI=1S/C17H19N3O3S2/c21-10-5-9-18-25(22,23)16-13-20(12-14-6-2-1-3-7-14)19-17(16)15-8-4-11-24-15/h1-4,6-8,11,13,18,21H,5,9-10,12H2. The molecule has 8 heteroatoms. The van der Waals surface area contributed by atoms with Gasteiger partial charge in [0, 0.05) is 19.3 Å². The molecule has 0 saturated heterocycles. The summed E-state index contributed by atoms with van der Waals surface area (Å²) in [6.07, 6.45) is 1.93. The molecule has 0 bridgehead atoms. The van der Waals surface area contributed by atoms with E-state index >= 15 is 0 Å². The molecule has 0 atom stereocenters. The van der Waals surface area contributed by atoms with E-state index in [1.165, 1.54) is 11.3 Å². The van der Waals surface area contributed by atoms with Crippen molar-refractivity contribution in [3.63, 3.8) is 0 Å². The van der Waals surface area contributed by atoms with Gasteiger partial charge in [-0.2, -0.15) is 5.10 Å². The van der Waals surface area contributed by atoms with Crippen LogP contribution in [0.4, 0.5) is 0 Å². The third-order valence-corrected chi connectivity index (χ3v) is 5.93. The third kappa shape index (κ3) is 4.35. The van der Waals surface area contributed by atoms with Crippen molar-refractivity contribution in [1.82, 2.24) is 14.5 Å². The van der Waals surface area contributed by atoms with Crippen LogP contribution in [0.3, 0.4) is 0 Å². The van der Waals surface area contributed by atoms with Crippen molar-refractivity contribution in [3.05, 3.63) is 59.6 Å². The predicted molar refractivity (Wildman–Crippen MR) is 98.0 cm³/mol. The number of aromatic nitrogens is 2. The third-order valence-electron chi connectivity index (χ3n) is 3.59. The van der Waals surface area contributed by atoms with Gasteiger partial charge in [0.1, 0.15) is 10.6 Å².